The van der Waals surface area contributed by atoms with Crippen LogP contribution in [0.3, 0.4) is 0 Å². The van der Waals surface area contributed by atoms with Crippen molar-refractivity contribution in [1.29, 1.82) is 0 Å². The number of phenols is 1. The zero-order valence-electron chi connectivity index (χ0n) is 18.6. The number of benzene rings is 2. The Kier molecular flexibility index (Phi) is 7.80. The lowest BCUT2D eigenvalue weighted by Gasteiger charge is -2.34. The number of esters is 1. The SMILES string of the molecule is COc1ccc([C@@H](OC(=O)Nc2ccc3c(c2)OCO3)C(C)(C)CCOC(=O)CS)cc1O. The van der Waals surface area contributed by atoms with Gasteiger partial charge in [-0.3, -0.25) is 10.1 Å². The number of rotatable bonds is 9. The van der Waals surface area contributed by atoms with E-state index in [1.54, 1.807) is 30.3 Å². The highest BCUT2D eigenvalue weighted by Crippen LogP contribution is 2.42. The maximum Gasteiger partial charge on any atom is 0.412 e. The fourth-order valence-corrected chi connectivity index (χ4v) is 3.47. The molecule has 0 bridgehead atoms. The Labute approximate surface area is 197 Å². The number of anilines is 1. The molecule has 0 saturated heterocycles. The second-order valence-electron chi connectivity index (χ2n) is 8.03. The van der Waals surface area contributed by atoms with E-state index in [1.165, 1.54) is 13.2 Å². The summed E-state index contributed by atoms with van der Waals surface area (Å²) < 4.78 is 26.7. The number of thiol groups is 1. The zero-order chi connectivity index (χ0) is 24.0. The van der Waals surface area contributed by atoms with Crippen LogP contribution in [0.15, 0.2) is 36.4 Å². The molecule has 1 heterocycles. The average molecular weight is 478 g/mol. The lowest BCUT2D eigenvalue weighted by atomic mass is 9.79. The molecule has 0 spiro atoms. The van der Waals surface area contributed by atoms with Gasteiger partial charge < -0.3 is 28.8 Å². The van der Waals surface area contributed by atoms with Crippen molar-refractivity contribution in [3.05, 3.63) is 42.0 Å². The quantitative estimate of drug-likeness (QED) is 0.362. The minimum Gasteiger partial charge on any atom is -0.504 e. The van der Waals surface area contributed by atoms with E-state index in [4.69, 9.17) is 23.7 Å². The standard InChI is InChI=1S/C23H27NO8S/c1-23(2,8-9-29-20(26)12-33)21(14-4-6-17(28-3)16(25)10-14)32-22(27)24-15-5-7-18-19(11-15)31-13-30-18/h4-7,10-11,21,25,33H,8-9,12-13H2,1-3H3,(H,24,27)/t21-/m1/s1. The van der Waals surface area contributed by atoms with Crippen molar-refractivity contribution in [2.45, 2.75) is 26.4 Å². The topological polar surface area (TPSA) is 113 Å². The number of carbonyl (C=O) groups excluding carboxylic acids is 2. The first-order valence-electron chi connectivity index (χ1n) is 10.2. The van der Waals surface area contributed by atoms with Gasteiger partial charge in [-0.2, -0.15) is 12.6 Å². The van der Waals surface area contributed by atoms with E-state index >= 15 is 0 Å². The van der Waals surface area contributed by atoms with Crippen LogP contribution in [0, 0.1) is 5.41 Å². The van der Waals surface area contributed by atoms with Gasteiger partial charge in [0.15, 0.2) is 23.0 Å². The molecule has 2 N–H and O–H groups in total. The van der Waals surface area contributed by atoms with Gasteiger partial charge in [0.25, 0.3) is 0 Å². The number of fused-ring (bicyclic) bond motifs is 1. The molecular weight excluding hydrogens is 450 g/mol. The predicted octanol–water partition coefficient (Wildman–Crippen LogP) is 4.31. The summed E-state index contributed by atoms with van der Waals surface area (Å²) >= 11 is 3.90. The summed E-state index contributed by atoms with van der Waals surface area (Å²) in [6.45, 7) is 4.00. The summed E-state index contributed by atoms with van der Waals surface area (Å²) in [5, 5.41) is 12.9. The molecule has 33 heavy (non-hydrogen) atoms. The fraction of sp³-hybridized carbons (Fsp3) is 0.391. The van der Waals surface area contributed by atoms with Crippen molar-refractivity contribution in [2.75, 3.05) is 31.6 Å². The minimum atomic E-state index is -0.780. The van der Waals surface area contributed by atoms with Crippen LogP contribution >= 0.6 is 12.6 Å². The monoisotopic (exact) mass is 477 g/mol. The van der Waals surface area contributed by atoms with E-state index in [1.807, 2.05) is 13.8 Å². The van der Waals surface area contributed by atoms with Crippen molar-refractivity contribution < 1.29 is 38.4 Å². The third-order valence-electron chi connectivity index (χ3n) is 5.20. The van der Waals surface area contributed by atoms with E-state index in [2.05, 4.69) is 17.9 Å². The Balaban J connectivity index is 1.79. The fourth-order valence-electron chi connectivity index (χ4n) is 3.38. The number of aromatic hydroxyl groups is 1. The van der Waals surface area contributed by atoms with Crippen LogP contribution in [0.1, 0.15) is 31.9 Å². The second-order valence-corrected chi connectivity index (χ2v) is 8.34. The van der Waals surface area contributed by atoms with Crippen molar-refractivity contribution in [1.82, 2.24) is 0 Å². The summed E-state index contributed by atoms with van der Waals surface area (Å²) in [5.41, 5.74) is 0.366. The van der Waals surface area contributed by atoms with E-state index < -0.39 is 23.6 Å². The highest BCUT2D eigenvalue weighted by molar-refractivity contribution is 7.81. The summed E-state index contributed by atoms with van der Waals surface area (Å²) in [5.74, 6) is 0.868. The van der Waals surface area contributed by atoms with E-state index in [0.29, 0.717) is 34.9 Å². The molecule has 178 valence electrons. The van der Waals surface area contributed by atoms with E-state index in [0.717, 1.165) is 0 Å². The molecule has 0 radical (unpaired) electrons. The van der Waals surface area contributed by atoms with Gasteiger partial charge >= 0.3 is 12.1 Å². The Hall–Kier alpha value is -3.27. The number of nitrogens with one attached hydrogen (secondary N) is 1. The summed E-state index contributed by atoms with van der Waals surface area (Å²) in [6, 6.07) is 9.78. The maximum atomic E-state index is 12.8. The smallest absolute Gasteiger partial charge is 0.412 e. The molecule has 9 nitrogen and oxygen atoms in total. The Morgan fingerprint density at radius 2 is 1.94 bits per heavy atom. The van der Waals surface area contributed by atoms with Gasteiger partial charge in [0, 0.05) is 17.2 Å². The highest BCUT2D eigenvalue weighted by atomic mass is 32.1. The third kappa shape index (κ3) is 6.16. The van der Waals surface area contributed by atoms with Gasteiger partial charge in [-0.25, -0.2) is 4.79 Å². The minimum absolute atomic E-state index is 0.0232. The molecule has 2 aromatic carbocycles. The molecule has 1 atom stereocenters. The second kappa shape index (κ2) is 10.6. The average Bonchev–Trinajstić information content (AvgIpc) is 3.25. The molecule has 0 unspecified atom stereocenters. The number of hydrogen-bond acceptors (Lipinski definition) is 9. The first-order valence-corrected chi connectivity index (χ1v) is 10.9. The first kappa shape index (κ1) is 24.4. The van der Waals surface area contributed by atoms with Crippen molar-refractivity contribution in [2.24, 2.45) is 5.41 Å². The molecule has 0 aromatic heterocycles. The highest BCUT2D eigenvalue weighted by Gasteiger charge is 2.35. The molecule has 1 aliphatic rings. The molecule has 0 saturated carbocycles. The normalized spacial score (nSPS) is 13.2. The number of methoxy groups -OCH3 is 1. The third-order valence-corrected chi connectivity index (χ3v) is 5.46. The van der Waals surface area contributed by atoms with Crippen LogP contribution in [-0.4, -0.2) is 43.4 Å². The molecule has 1 amide bonds. The number of phenolic OH excluding ortho intramolecular Hbond substituents is 1. The van der Waals surface area contributed by atoms with Gasteiger partial charge in [-0.15, -0.1) is 0 Å². The van der Waals surface area contributed by atoms with Crippen molar-refractivity contribution in [3.63, 3.8) is 0 Å². The zero-order valence-corrected chi connectivity index (χ0v) is 19.5. The van der Waals surface area contributed by atoms with Gasteiger partial charge in [-0.05, 0) is 36.2 Å². The van der Waals surface area contributed by atoms with Crippen LogP contribution in [0.4, 0.5) is 10.5 Å². The Bertz CT molecular complexity index is 1010. The number of ether oxygens (including phenoxy) is 5. The summed E-state index contributed by atoms with van der Waals surface area (Å²) in [4.78, 5) is 24.2. The van der Waals surface area contributed by atoms with E-state index in [9.17, 15) is 14.7 Å². The van der Waals surface area contributed by atoms with Gasteiger partial charge in [0.2, 0.25) is 6.79 Å². The largest absolute Gasteiger partial charge is 0.504 e. The summed E-state index contributed by atoms with van der Waals surface area (Å²) in [6.07, 6.45) is -1.09. The molecule has 2 aromatic rings. The Morgan fingerprint density at radius 3 is 2.64 bits per heavy atom. The lowest BCUT2D eigenvalue weighted by molar-refractivity contribution is -0.141. The van der Waals surface area contributed by atoms with Crippen LogP contribution < -0.4 is 19.5 Å². The maximum absolute atomic E-state index is 12.8. The molecule has 0 aliphatic carbocycles. The van der Waals surface area contributed by atoms with Gasteiger partial charge in [0.1, 0.15) is 6.10 Å². The Morgan fingerprint density at radius 1 is 1.18 bits per heavy atom. The molecular formula is C23H27NO8S. The first-order chi connectivity index (χ1) is 15.7. The van der Waals surface area contributed by atoms with Crippen LogP contribution in [0.5, 0.6) is 23.0 Å². The molecule has 3 rings (SSSR count). The molecule has 1 aliphatic heterocycles. The van der Waals surface area contributed by atoms with E-state index in [-0.39, 0.29) is 24.9 Å². The summed E-state index contributed by atoms with van der Waals surface area (Å²) in [7, 11) is 1.45. The van der Waals surface area contributed by atoms with Crippen molar-refractivity contribution in [3.8, 4) is 23.0 Å². The van der Waals surface area contributed by atoms with Crippen LogP contribution in [0.2, 0.25) is 0 Å². The number of amides is 1. The van der Waals surface area contributed by atoms with Crippen LogP contribution in [-0.2, 0) is 14.3 Å². The van der Waals surface area contributed by atoms with Gasteiger partial charge in [0.05, 0.1) is 19.5 Å². The number of hydrogen-bond donors (Lipinski definition) is 3. The number of carbonyl (C=O) groups is 2. The van der Waals surface area contributed by atoms with Crippen LogP contribution in [0.25, 0.3) is 0 Å². The van der Waals surface area contributed by atoms with Crippen molar-refractivity contribution >= 4 is 30.4 Å². The molecule has 0 fully saturated rings. The predicted molar refractivity (Wildman–Crippen MR) is 123 cm³/mol. The lowest BCUT2D eigenvalue weighted by Crippen LogP contribution is -2.30. The van der Waals surface area contributed by atoms with Gasteiger partial charge in [-0.1, -0.05) is 19.9 Å². The molecule has 10 heteroatoms.